The van der Waals surface area contributed by atoms with Crippen molar-refractivity contribution in [2.24, 2.45) is 5.73 Å². The Labute approximate surface area is 108 Å². The van der Waals surface area contributed by atoms with E-state index in [2.05, 4.69) is 10.3 Å². The number of hydrogen-bond acceptors (Lipinski definition) is 5. The van der Waals surface area contributed by atoms with E-state index in [0.29, 0.717) is 5.75 Å². The molecule has 0 radical (unpaired) electrons. The molecule has 0 aliphatic rings. The van der Waals surface area contributed by atoms with E-state index in [9.17, 15) is 9.18 Å². The highest BCUT2D eigenvalue weighted by atomic mass is 19.1. The summed E-state index contributed by atoms with van der Waals surface area (Å²) >= 11 is 0. The number of halogens is 1. The Bertz CT molecular complexity index is 584. The number of hydrogen-bond donors (Lipinski definition) is 2. The maximum atomic E-state index is 14.0. The molecule has 3 N–H and O–H groups in total. The average molecular weight is 265 g/mol. The number of nitrogens with two attached hydrogens (primary N) is 1. The maximum absolute atomic E-state index is 14.0. The zero-order chi connectivity index (χ0) is 13.8. The van der Waals surface area contributed by atoms with Crippen molar-refractivity contribution in [2.45, 2.75) is 0 Å². The van der Waals surface area contributed by atoms with Gasteiger partial charge in [-0.05, 0) is 6.07 Å². The van der Waals surface area contributed by atoms with Crippen molar-refractivity contribution in [3.63, 3.8) is 0 Å². The number of aromatic nitrogens is 1. The second-order valence-corrected chi connectivity index (χ2v) is 3.65. The van der Waals surface area contributed by atoms with E-state index in [1.165, 1.54) is 25.8 Å². The monoisotopic (exact) mass is 265 g/mol. The molecule has 1 amide bonds. The molecule has 6 nitrogen and oxygen atoms in total. The highest BCUT2D eigenvalue weighted by Gasteiger charge is 2.15. The van der Waals surface area contributed by atoms with Crippen molar-refractivity contribution < 1.29 is 18.3 Å². The maximum Gasteiger partial charge on any atom is 0.238 e. The predicted molar refractivity (Wildman–Crippen MR) is 66.1 cm³/mol. The molecule has 0 fully saturated rings. The Balaban J connectivity index is 2.43. The van der Waals surface area contributed by atoms with Gasteiger partial charge in [-0.1, -0.05) is 0 Å². The quantitative estimate of drug-likeness (QED) is 0.871. The van der Waals surface area contributed by atoms with Crippen molar-refractivity contribution in [2.75, 3.05) is 19.0 Å². The van der Waals surface area contributed by atoms with Gasteiger partial charge < -0.3 is 20.2 Å². The van der Waals surface area contributed by atoms with Crippen LogP contribution in [0, 0.1) is 5.82 Å². The van der Waals surface area contributed by atoms with Gasteiger partial charge in [0.2, 0.25) is 5.91 Å². The summed E-state index contributed by atoms with van der Waals surface area (Å²) in [6.45, 7) is -0.200. The first-order valence-corrected chi connectivity index (χ1v) is 5.42. The molecule has 2 aromatic rings. The van der Waals surface area contributed by atoms with E-state index >= 15 is 0 Å². The number of oxazole rings is 1. The number of rotatable bonds is 4. The average Bonchev–Trinajstić information content (AvgIpc) is 2.92. The van der Waals surface area contributed by atoms with Crippen LogP contribution < -0.4 is 15.8 Å². The van der Waals surface area contributed by atoms with E-state index in [1.54, 1.807) is 0 Å². The van der Waals surface area contributed by atoms with Crippen LogP contribution in [0.4, 0.5) is 10.1 Å². The minimum atomic E-state index is -0.565. The Morgan fingerprint density at radius 3 is 2.95 bits per heavy atom. The fourth-order valence-corrected chi connectivity index (χ4v) is 1.56. The third kappa shape index (κ3) is 2.71. The summed E-state index contributed by atoms with van der Waals surface area (Å²) in [4.78, 5) is 15.0. The van der Waals surface area contributed by atoms with Gasteiger partial charge in [0, 0.05) is 6.07 Å². The van der Waals surface area contributed by atoms with Crippen molar-refractivity contribution in [1.82, 2.24) is 4.98 Å². The minimum Gasteiger partial charge on any atom is -0.495 e. The molecule has 1 heterocycles. The summed E-state index contributed by atoms with van der Waals surface area (Å²) in [6, 6.07) is 2.56. The number of nitrogens with zero attached hydrogens (tertiary/aromatic N) is 1. The summed E-state index contributed by atoms with van der Waals surface area (Å²) < 4.78 is 24.1. The van der Waals surface area contributed by atoms with Gasteiger partial charge in [-0.3, -0.25) is 4.79 Å². The number of nitrogens with one attached hydrogen (secondary N) is 1. The largest absolute Gasteiger partial charge is 0.495 e. The molecule has 100 valence electrons. The molecule has 1 aromatic carbocycles. The summed E-state index contributed by atoms with van der Waals surface area (Å²) in [5, 5.41) is 2.45. The van der Waals surface area contributed by atoms with Gasteiger partial charge in [0.1, 0.15) is 11.6 Å². The highest BCUT2D eigenvalue weighted by molar-refractivity contribution is 5.94. The van der Waals surface area contributed by atoms with Crippen molar-refractivity contribution >= 4 is 11.6 Å². The number of benzene rings is 1. The Morgan fingerprint density at radius 1 is 1.58 bits per heavy atom. The normalized spacial score (nSPS) is 10.3. The standard InChI is InChI=1S/C12H12FN3O3/c1-18-10-2-7(11-5-15-6-19-11)8(13)3-9(10)16-12(17)4-14/h2-3,5-6H,4,14H2,1H3,(H,16,17). The molecule has 1 aromatic heterocycles. The molecule has 7 heteroatoms. The first kappa shape index (κ1) is 13.0. The van der Waals surface area contributed by atoms with Gasteiger partial charge in [-0.2, -0.15) is 0 Å². The molecule has 0 aliphatic heterocycles. The molecular weight excluding hydrogens is 253 g/mol. The lowest BCUT2D eigenvalue weighted by Crippen LogP contribution is -2.22. The van der Waals surface area contributed by atoms with Gasteiger partial charge in [-0.15, -0.1) is 0 Å². The van der Waals surface area contributed by atoms with Crippen LogP contribution >= 0.6 is 0 Å². The third-order valence-corrected chi connectivity index (χ3v) is 2.45. The van der Waals surface area contributed by atoms with Gasteiger partial charge in [0.25, 0.3) is 0 Å². The second-order valence-electron chi connectivity index (χ2n) is 3.65. The zero-order valence-electron chi connectivity index (χ0n) is 10.1. The molecule has 0 unspecified atom stereocenters. The highest BCUT2D eigenvalue weighted by Crippen LogP contribution is 2.33. The third-order valence-electron chi connectivity index (χ3n) is 2.45. The first-order chi connectivity index (χ1) is 9.15. The lowest BCUT2D eigenvalue weighted by atomic mass is 10.1. The van der Waals surface area contributed by atoms with Crippen LogP contribution in [0.5, 0.6) is 5.75 Å². The molecule has 19 heavy (non-hydrogen) atoms. The number of carbonyl (C=O) groups excluding carboxylic acids is 1. The van der Waals surface area contributed by atoms with Crippen LogP contribution in [-0.4, -0.2) is 24.5 Å². The summed E-state index contributed by atoms with van der Waals surface area (Å²) in [5.74, 6) is -0.433. The molecule has 0 saturated heterocycles. The topological polar surface area (TPSA) is 90.4 Å². The van der Waals surface area contributed by atoms with Crippen molar-refractivity contribution in [3.05, 3.63) is 30.5 Å². The lowest BCUT2D eigenvalue weighted by molar-refractivity contribution is -0.114. The summed E-state index contributed by atoms with van der Waals surface area (Å²) in [6.07, 6.45) is 2.58. The molecule has 0 bridgehead atoms. The van der Waals surface area contributed by atoms with Crippen LogP contribution in [0.2, 0.25) is 0 Å². The molecule has 0 aliphatic carbocycles. The SMILES string of the molecule is COc1cc(-c2cnco2)c(F)cc1NC(=O)CN. The fourth-order valence-electron chi connectivity index (χ4n) is 1.56. The molecular formula is C12H12FN3O3. The number of amides is 1. The van der Waals surface area contributed by atoms with Gasteiger partial charge in [0.05, 0.1) is 31.1 Å². The van der Waals surface area contributed by atoms with E-state index in [1.807, 2.05) is 0 Å². The van der Waals surface area contributed by atoms with E-state index in [-0.39, 0.29) is 23.6 Å². The van der Waals surface area contributed by atoms with E-state index in [4.69, 9.17) is 14.9 Å². The molecule has 0 atom stereocenters. The minimum absolute atomic E-state index is 0.195. The van der Waals surface area contributed by atoms with Crippen molar-refractivity contribution in [3.8, 4) is 17.1 Å². The van der Waals surface area contributed by atoms with Crippen molar-refractivity contribution in [1.29, 1.82) is 0 Å². The summed E-state index contributed by atoms with van der Waals surface area (Å²) in [7, 11) is 1.41. The fraction of sp³-hybridized carbons (Fsp3) is 0.167. The Kier molecular flexibility index (Phi) is 3.76. The summed E-state index contributed by atoms with van der Waals surface area (Å²) in [5.41, 5.74) is 5.59. The number of methoxy groups -OCH3 is 1. The molecule has 0 saturated carbocycles. The molecule has 0 spiro atoms. The van der Waals surface area contributed by atoms with Crippen LogP contribution in [0.25, 0.3) is 11.3 Å². The number of anilines is 1. The van der Waals surface area contributed by atoms with E-state index < -0.39 is 11.7 Å². The van der Waals surface area contributed by atoms with Crippen LogP contribution in [0.1, 0.15) is 0 Å². The van der Waals surface area contributed by atoms with Gasteiger partial charge in [0.15, 0.2) is 12.2 Å². The van der Waals surface area contributed by atoms with E-state index in [0.717, 1.165) is 6.07 Å². The Morgan fingerprint density at radius 2 is 2.37 bits per heavy atom. The Hall–Kier alpha value is -2.41. The lowest BCUT2D eigenvalue weighted by Gasteiger charge is -2.11. The van der Waals surface area contributed by atoms with Gasteiger partial charge >= 0.3 is 0 Å². The van der Waals surface area contributed by atoms with Crippen LogP contribution in [0.3, 0.4) is 0 Å². The zero-order valence-corrected chi connectivity index (χ0v) is 10.1. The predicted octanol–water partition coefficient (Wildman–Crippen LogP) is 1.39. The number of ether oxygens (including phenoxy) is 1. The van der Waals surface area contributed by atoms with Gasteiger partial charge in [-0.25, -0.2) is 9.37 Å². The van der Waals surface area contributed by atoms with Crippen LogP contribution in [0.15, 0.2) is 29.1 Å². The molecule has 2 rings (SSSR count). The second kappa shape index (κ2) is 5.49. The first-order valence-electron chi connectivity index (χ1n) is 5.42. The smallest absolute Gasteiger partial charge is 0.238 e. The number of carbonyl (C=O) groups is 1. The van der Waals surface area contributed by atoms with Crippen LogP contribution in [-0.2, 0) is 4.79 Å².